The van der Waals surface area contributed by atoms with E-state index in [9.17, 15) is 14.0 Å². The average Bonchev–Trinajstić information content (AvgIpc) is 3.55. The third kappa shape index (κ3) is 5.10. The number of aliphatic carboxylic acids is 1. The Kier molecular flexibility index (Phi) is 6.60. The monoisotopic (exact) mass is 483 g/mol. The van der Waals surface area contributed by atoms with Gasteiger partial charge in [-0.2, -0.15) is 0 Å². The van der Waals surface area contributed by atoms with Gasteiger partial charge in [0.05, 0.1) is 37.6 Å². The summed E-state index contributed by atoms with van der Waals surface area (Å²) in [4.78, 5) is 30.4. The molecule has 3 heterocycles. The van der Waals surface area contributed by atoms with Crippen molar-refractivity contribution in [1.29, 1.82) is 0 Å². The van der Waals surface area contributed by atoms with E-state index in [1.807, 2.05) is 48.1 Å². The lowest BCUT2D eigenvalue weighted by Crippen LogP contribution is -2.40. The molecule has 1 saturated heterocycles. The molecule has 2 aromatic heterocycles. The van der Waals surface area contributed by atoms with Crippen LogP contribution in [0.5, 0.6) is 0 Å². The largest absolute Gasteiger partial charge is 0.481 e. The number of hydrogen-bond donors (Lipinski definition) is 1. The fourth-order valence-corrected chi connectivity index (χ4v) is 5.19. The normalized spacial score (nSPS) is 24.8. The van der Waals surface area contributed by atoms with E-state index < -0.39 is 12.1 Å². The number of rotatable bonds is 7. The highest BCUT2D eigenvalue weighted by Gasteiger charge is 2.36. The summed E-state index contributed by atoms with van der Waals surface area (Å²) in [5.74, 6) is -0.684. The number of fused-ring (bicyclic) bond motifs is 1. The van der Waals surface area contributed by atoms with Crippen molar-refractivity contribution in [2.75, 3.05) is 13.2 Å². The molecule has 3 aromatic rings. The molecule has 1 amide bonds. The van der Waals surface area contributed by atoms with Crippen molar-refractivity contribution in [1.82, 2.24) is 14.5 Å². The van der Waals surface area contributed by atoms with Crippen LogP contribution in [0.4, 0.5) is 4.39 Å². The molecule has 1 saturated carbocycles. The molecule has 2 atom stereocenters. The lowest BCUT2D eigenvalue weighted by Gasteiger charge is -2.29. The van der Waals surface area contributed by atoms with Gasteiger partial charge in [0.2, 0.25) is 11.8 Å². The van der Waals surface area contributed by atoms with Gasteiger partial charge in [0.25, 0.3) is 0 Å². The van der Waals surface area contributed by atoms with Gasteiger partial charge in [0.15, 0.2) is 5.58 Å². The van der Waals surface area contributed by atoms with Gasteiger partial charge in [-0.3, -0.25) is 9.59 Å². The summed E-state index contributed by atoms with van der Waals surface area (Å²) >= 11 is 0. The fourth-order valence-electron chi connectivity index (χ4n) is 5.19. The molecule has 0 spiro atoms. The Bertz CT molecular complexity index is 1210. The number of benzene rings is 1. The number of oxazole rings is 1. The summed E-state index contributed by atoms with van der Waals surface area (Å²) in [5, 5.41) is 9.15. The number of carboxylic acids is 1. The van der Waals surface area contributed by atoms with E-state index in [-0.39, 0.29) is 50.0 Å². The Hall–Kier alpha value is -3.20. The smallest absolute Gasteiger partial charge is 0.306 e. The molecular weight excluding hydrogens is 453 g/mol. The lowest BCUT2D eigenvalue weighted by atomic mass is 9.87. The second kappa shape index (κ2) is 9.81. The molecule has 2 fully saturated rings. The Balaban J connectivity index is 1.21. The molecule has 0 unspecified atom stereocenters. The van der Waals surface area contributed by atoms with Crippen molar-refractivity contribution in [2.24, 2.45) is 13.0 Å². The Morgan fingerprint density at radius 2 is 2.03 bits per heavy atom. The number of likely N-dealkylation sites (tertiary alicyclic amines) is 1. The maximum atomic E-state index is 14.3. The van der Waals surface area contributed by atoms with Crippen LogP contribution >= 0.6 is 0 Å². The van der Waals surface area contributed by atoms with Crippen LogP contribution in [0.15, 0.2) is 40.9 Å². The number of ether oxygens (including phenoxy) is 1. The van der Waals surface area contributed by atoms with Crippen LogP contribution in [0, 0.1) is 5.92 Å². The van der Waals surface area contributed by atoms with Gasteiger partial charge < -0.3 is 23.7 Å². The summed E-state index contributed by atoms with van der Waals surface area (Å²) in [6.07, 6.45) is 3.76. The van der Waals surface area contributed by atoms with Crippen LogP contribution in [0.2, 0.25) is 0 Å². The number of halogens is 1. The minimum absolute atomic E-state index is 0.0338. The van der Waals surface area contributed by atoms with E-state index in [2.05, 4.69) is 4.98 Å². The Morgan fingerprint density at radius 1 is 1.23 bits per heavy atom. The third-order valence-corrected chi connectivity index (χ3v) is 7.20. The van der Waals surface area contributed by atoms with Crippen LogP contribution in [0.3, 0.4) is 0 Å². The van der Waals surface area contributed by atoms with Crippen molar-refractivity contribution in [3.8, 4) is 11.6 Å². The van der Waals surface area contributed by atoms with Gasteiger partial charge in [0, 0.05) is 19.7 Å². The van der Waals surface area contributed by atoms with Crippen molar-refractivity contribution >= 4 is 23.0 Å². The molecule has 5 rings (SSSR count). The predicted molar refractivity (Wildman–Crippen MR) is 126 cm³/mol. The number of carboxylic acid groups (broad SMARTS) is 1. The molecule has 1 N–H and O–H groups in total. The molecule has 0 bridgehead atoms. The van der Waals surface area contributed by atoms with Gasteiger partial charge in [-0.1, -0.05) is 6.07 Å². The number of alkyl halides is 1. The molecule has 186 valence electrons. The number of aromatic nitrogens is 2. The van der Waals surface area contributed by atoms with Crippen molar-refractivity contribution < 1.29 is 28.2 Å². The highest BCUT2D eigenvalue weighted by molar-refractivity contribution is 5.82. The molecule has 9 heteroatoms. The first-order chi connectivity index (χ1) is 16.9. The number of carbonyl (C=O) groups is 2. The summed E-state index contributed by atoms with van der Waals surface area (Å²) in [7, 11) is 1.92. The highest BCUT2D eigenvalue weighted by Crippen LogP contribution is 2.29. The van der Waals surface area contributed by atoms with Gasteiger partial charge in [-0.15, -0.1) is 0 Å². The molecule has 1 aromatic carbocycles. The first-order valence-corrected chi connectivity index (χ1v) is 12.2. The van der Waals surface area contributed by atoms with Crippen LogP contribution < -0.4 is 0 Å². The van der Waals surface area contributed by atoms with E-state index in [1.165, 1.54) is 0 Å². The number of aryl methyl sites for hydroxylation is 1. The van der Waals surface area contributed by atoms with Gasteiger partial charge in [0.1, 0.15) is 17.4 Å². The minimum Gasteiger partial charge on any atom is -0.481 e. The van der Waals surface area contributed by atoms with Crippen molar-refractivity contribution in [3.63, 3.8) is 0 Å². The highest BCUT2D eigenvalue weighted by atomic mass is 19.1. The van der Waals surface area contributed by atoms with E-state index in [4.69, 9.17) is 14.3 Å². The van der Waals surface area contributed by atoms with E-state index >= 15 is 0 Å². The zero-order valence-corrected chi connectivity index (χ0v) is 19.7. The maximum Gasteiger partial charge on any atom is 0.306 e. The molecular formula is C26H30FN3O5. The topological polar surface area (TPSA) is 97.8 Å². The molecule has 1 aliphatic carbocycles. The standard InChI is InChI=1S/C26H30FN3O5/c1-29-10-2-3-22(29)25-28-21-9-4-16(11-23(21)35-25)12-24(31)30-14-18(27)13-19(30)15-34-20-7-5-17(6-8-20)26(32)33/h2-4,9-11,17-20H,5-8,12-15H2,1H3,(H,32,33)/t17?,18-,19-,20?/m0/s1. The number of hydrogen-bond acceptors (Lipinski definition) is 5. The summed E-state index contributed by atoms with van der Waals surface area (Å²) in [6.45, 7) is 0.344. The fraction of sp³-hybridized carbons (Fsp3) is 0.500. The van der Waals surface area contributed by atoms with Crippen molar-refractivity contribution in [2.45, 2.75) is 56.8 Å². The number of nitrogens with zero attached hydrogens (tertiary/aromatic N) is 3. The molecule has 35 heavy (non-hydrogen) atoms. The van der Waals surface area contributed by atoms with Crippen molar-refractivity contribution in [3.05, 3.63) is 42.1 Å². The number of carbonyl (C=O) groups excluding carboxylic acids is 1. The zero-order valence-electron chi connectivity index (χ0n) is 19.7. The SMILES string of the molecule is Cn1cccc1-c1nc2ccc(CC(=O)N3C[C@@H](F)C[C@H]3COC3CCC(C(=O)O)CC3)cc2o1. The number of amides is 1. The van der Waals surface area contributed by atoms with E-state index in [1.54, 1.807) is 4.90 Å². The second-order valence-corrected chi connectivity index (χ2v) is 9.68. The van der Waals surface area contributed by atoms with E-state index in [0.29, 0.717) is 42.7 Å². The molecule has 8 nitrogen and oxygen atoms in total. The first kappa shape index (κ1) is 23.5. The first-order valence-electron chi connectivity index (χ1n) is 12.2. The van der Waals surface area contributed by atoms with Gasteiger partial charge >= 0.3 is 5.97 Å². The Morgan fingerprint density at radius 3 is 2.74 bits per heavy atom. The third-order valence-electron chi connectivity index (χ3n) is 7.20. The zero-order chi connectivity index (χ0) is 24.5. The summed E-state index contributed by atoms with van der Waals surface area (Å²) < 4.78 is 28.1. The summed E-state index contributed by atoms with van der Waals surface area (Å²) in [5.41, 5.74) is 2.97. The lowest BCUT2D eigenvalue weighted by molar-refractivity contribution is -0.144. The Labute approximate surface area is 202 Å². The van der Waals surface area contributed by atoms with Crippen LogP contribution in [-0.4, -0.2) is 62.9 Å². The molecule has 1 aliphatic heterocycles. The van der Waals surface area contributed by atoms with E-state index in [0.717, 1.165) is 11.3 Å². The molecule has 0 radical (unpaired) electrons. The van der Waals surface area contributed by atoms with Crippen LogP contribution in [-0.2, 0) is 27.8 Å². The molecule has 2 aliphatic rings. The predicted octanol–water partition coefficient (Wildman–Crippen LogP) is 3.97. The summed E-state index contributed by atoms with van der Waals surface area (Å²) in [6, 6.07) is 9.05. The van der Waals surface area contributed by atoms with Gasteiger partial charge in [-0.05, 0) is 55.5 Å². The quantitative estimate of drug-likeness (QED) is 0.546. The van der Waals surface area contributed by atoms with Crippen LogP contribution in [0.25, 0.3) is 22.7 Å². The minimum atomic E-state index is -1.07. The van der Waals surface area contributed by atoms with Gasteiger partial charge in [-0.25, -0.2) is 9.37 Å². The average molecular weight is 484 g/mol. The maximum absolute atomic E-state index is 14.3. The van der Waals surface area contributed by atoms with Crippen LogP contribution in [0.1, 0.15) is 37.7 Å². The second-order valence-electron chi connectivity index (χ2n) is 9.68.